The maximum atomic E-state index is 12.3. The lowest BCUT2D eigenvalue weighted by atomic mass is 9.96. The average molecular weight is 256 g/mol. The minimum absolute atomic E-state index is 0.0622. The molecule has 0 atom stereocenters. The second-order valence-corrected chi connectivity index (χ2v) is 6.01. The molecule has 2 fully saturated rings. The number of thiol groups is 1. The molecule has 0 unspecified atom stereocenters. The molecule has 0 aromatic heterocycles. The summed E-state index contributed by atoms with van der Waals surface area (Å²) in [6, 6.07) is 0. The first-order valence-electron chi connectivity index (χ1n) is 6.11. The molecule has 17 heavy (non-hydrogen) atoms. The van der Waals surface area contributed by atoms with Gasteiger partial charge in [-0.2, -0.15) is 12.6 Å². The topological polar surface area (TPSA) is 49.4 Å². The number of nitrogens with zero attached hydrogens (tertiary/aromatic N) is 1. The van der Waals surface area contributed by atoms with Gasteiger partial charge in [-0.15, -0.1) is 0 Å². The highest BCUT2D eigenvalue weighted by molar-refractivity contribution is 7.80. The summed E-state index contributed by atoms with van der Waals surface area (Å²) in [5.74, 6) is 0.795. The van der Waals surface area contributed by atoms with Crippen LogP contribution in [-0.2, 0) is 9.59 Å². The first-order valence-corrected chi connectivity index (χ1v) is 6.74. The number of carbonyl (C=O) groups is 2. The Hall–Kier alpha value is -0.710. The maximum absolute atomic E-state index is 12.3. The van der Waals surface area contributed by atoms with E-state index in [1.807, 2.05) is 0 Å². The highest BCUT2D eigenvalue weighted by Gasteiger charge is 2.47. The number of nitrogens with one attached hydrogen (secondary N) is 1. The van der Waals surface area contributed by atoms with Crippen molar-refractivity contribution < 1.29 is 9.59 Å². The van der Waals surface area contributed by atoms with Crippen LogP contribution < -0.4 is 5.32 Å². The van der Waals surface area contributed by atoms with E-state index >= 15 is 0 Å². The van der Waals surface area contributed by atoms with Crippen molar-refractivity contribution in [1.82, 2.24) is 10.2 Å². The Balaban J connectivity index is 2.05. The van der Waals surface area contributed by atoms with Crippen molar-refractivity contribution in [2.75, 3.05) is 18.8 Å². The Bertz CT molecular complexity index is 350. The van der Waals surface area contributed by atoms with Crippen LogP contribution in [0.1, 0.15) is 33.1 Å². The van der Waals surface area contributed by atoms with Crippen molar-refractivity contribution >= 4 is 24.4 Å². The Kier molecular flexibility index (Phi) is 3.14. The molecule has 2 aliphatic rings. The quantitative estimate of drug-likeness (QED) is 0.735. The lowest BCUT2D eigenvalue weighted by molar-refractivity contribution is -0.149. The number of carbonyl (C=O) groups excluding carboxylic acids is 2. The van der Waals surface area contributed by atoms with E-state index in [9.17, 15) is 9.59 Å². The minimum Gasteiger partial charge on any atom is -0.352 e. The normalized spacial score (nSPS) is 25.4. The first kappa shape index (κ1) is 12.7. The number of hydrogen-bond acceptors (Lipinski definition) is 3. The van der Waals surface area contributed by atoms with Crippen LogP contribution in [0.3, 0.4) is 0 Å². The summed E-state index contributed by atoms with van der Waals surface area (Å²) in [4.78, 5) is 25.8. The molecule has 0 radical (unpaired) electrons. The van der Waals surface area contributed by atoms with Gasteiger partial charge in [-0.05, 0) is 37.9 Å². The van der Waals surface area contributed by atoms with Gasteiger partial charge in [0.2, 0.25) is 11.8 Å². The van der Waals surface area contributed by atoms with E-state index in [0.29, 0.717) is 19.5 Å². The zero-order valence-corrected chi connectivity index (χ0v) is 11.3. The molecule has 0 aromatic carbocycles. The highest BCUT2D eigenvalue weighted by Crippen LogP contribution is 2.50. The zero-order chi connectivity index (χ0) is 12.7. The van der Waals surface area contributed by atoms with Crippen LogP contribution in [0.5, 0.6) is 0 Å². The van der Waals surface area contributed by atoms with Crippen LogP contribution >= 0.6 is 12.6 Å². The molecule has 4 nitrogen and oxygen atoms in total. The van der Waals surface area contributed by atoms with Crippen molar-refractivity contribution in [3.8, 4) is 0 Å². The molecule has 0 spiro atoms. The fraction of sp³-hybridized carbons (Fsp3) is 0.833. The summed E-state index contributed by atoms with van der Waals surface area (Å²) in [6.07, 6.45) is 2.71. The predicted molar refractivity (Wildman–Crippen MR) is 68.9 cm³/mol. The summed E-state index contributed by atoms with van der Waals surface area (Å²) < 4.78 is 0. The van der Waals surface area contributed by atoms with Crippen molar-refractivity contribution in [3.05, 3.63) is 0 Å². The molecule has 1 saturated heterocycles. The predicted octanol–water partition coefficient (Wildman–Crippen LogP) is 0.823. The van der Waals surface area contributed by atoms with Gasteiger partial charge in [0, 0.05) is 19.5 Å². The van der Waals surface area contributed by atoms with Crippen molar-refractivity contribution in [3.63, 3.8) is 0 Å². The Morgan fingerprint density at radius 2 is 2.12 bits per heavy atom. The molecule has 1 saturated carbocycles. The molecule has 2 amide bonds. The smallest absolute Gasteiger partial charge is 0.245 e. The molecular formula is C12H20N2O2S. The third kappa shape index (κ3) is 2.30. The standard InChI is InChI=1S/C12H20N2O2S/c1-11(2)10(16)13-5-6-14(11)9(15)7-12(8-17)3-4-12/h17H,3-8H2,1-2H3,(H,13,16). The monoisotopic (exact) mass is 256 g/mol. The zero-order valence-electron chi connectivity index (χ0n) is 10.5. The van der Waals surface area contributed by atoms with Crippen LogP contribution in [0.2, 0.25) is 0 Å². The molecular weight excluding hydrogens is 236 g/mol. The Morgan fingerprint density at radius 3 is 2.65 bits per heavy atom. The van der Waals surface area contributed by atoms with E-state index in [1.54, 1.807) is 18.7 Å². The molecule has 0 bridgehead atoms. The van der Waals surface area contributed by atoms with Gasteiger partial charge in [0.25, 0.3) is 0 Å². The van der Waals surface area contributed by atoms with E-state index < -0.39 is 5.54 Å². The first-order chi connectivity index (χ1) is 7.91. The third-order valence-corrected chi connectivity index (χ3v) is 4.64. The van der Waals surface area contributed by atoms with E-state index in [-0.39, 0.29) is 17.2 Å². The number of piperazine rings is 1. The third-order valence-electron chi connectivity index (χ3n) is 3.97. The number of amides is 2. The van der Waals surface area contributed by atoms with Crippen molar-refractivity contribution in [2.45, 2.75) is 38.6 Å². The summed E-state index contributed by atoms with van der Waals surface area (Å²) in [5.41, 5.74) is -0.605. The van der Waals surface area contributed by atoms with E-state index in [4.69, 9.17) is 0 Å². The summed E-state index contributed by atoms with van der Waals surface area (Å²) in [7, 11) is 0. The van der Waals surface area contributed by atoms with Crippen LogP contribution in [-0.4, -0.2) is 41.1 Å². The lowest BCUT2D eigenvalue weighted by Crippen LogP contribution is -2.63. The number of rotatable bonds is 3. The fourth-order valence-electron chi connectivity index (χ4n) is 2.32. The maximum Gasteiger partial charge on any atom is 0.245 e. The minimum atomic E-state index is -0.720. The summed E-state index contributed by atoms with van der Waals surface area (Å²) in [6.45, 7) is 4.78. The van der Waals surface area contributed by atoms with Gasteiger partial charge < -0.3 is 10.2 Å². The Labute approximate surface area is 108 Å². The molecule has 5 heteroatoms. The summed E-state index contributed by atoms with van der Waals surface area (Å²) in [5, 5.41) is 2.80. The van der Waals surface area contributed by atoms with Gasteiger partial charge in [-0.3, -0.25) is 9.59 Å². The van der Waals surface area contributed by atoms with Gasteiger partial charge in [0.15, 0.2) is 0 Å². The van der Waals surface area contributed by atoms with Gasteiger partial charge >= 0.3 is 0 Å². The molecule has 96 valence electrons. The molecule has 1 aliphatic heterocycles. The van der Waals surface area contributed by atoms with Crippen LogP contribution in [0.4, 0.5) is 0 Å². The van der Waals surface area contributed by atoms with E-state index in [0.717, 1.165) is 18.6 Å². The van der Waals surface area contributed by atoms with Gasteiger partial charge in [0.05, 0.1) is 0 Å². The van der Waals surface area contributed by atoms with E-state index in [2.05, 4.69) is 17.9 Å². The molecule has 0 aromatic rings. The summed E-state index contributed by atoms with van der Waals surface area (Å²) >= 11 is 4.31. The molecule has 2 rings (SSSR count). The SMILES string of the molecule is CC1(C)C(=O)NCCN1C(=O)CC1(CS)CC1. The second-order valence-electron chi connectivity index (χ2n) is 5.70. The van der Waals surface area contributed by atoms with Gasteiger partial charge in [0.1, 0.15) is 5.54 Å². The number of hydrogen-bond donors (Lipinski definition) is 2. The fourth-order valence-corrected chi connectivity index (χ4v) is 2.75. The van der Waals surface area contributed by atoms with Gasteiger partial charge in [-0.25, -0.2) is 0 Å². The second kappa shape index (κ2) is 4.19. The highest BCUT2D eigenvalue weighted by atomic mass is 32.1. The Morgan fingerprint density at radius 1 is 1.47 bits per heavy atom. The average Bonchev–Trinajstić information content (AvgIpc) is 3.02. The van der Waals surface area contributed by atoms with Crippen molar-refractivity contribution in [2.24, 2.45) is 5.41 Å². The van der Waals surface area contributed by atoms with E-state index in [1.165, 1.54) is 0 Å². The molecule has 1 aliphatic carbocycles. The lowest BCUT2D eigenvalue weighted by Gasteiger charge is -2.41. The van der Waals surface area contributed by atoms with Crippen molar-refractivity contribution in [1.29, 1.82) is 0 Å². The molecule has 1 heterocycles. The van der Waals surface area contributed by atoms with Crippen LogP contribution in [0, 0.1) is 5.41 Å². The van der Waals surface area contributed by atoms with Gasteiger partial charge in [-0.1, -0.05) is 0 Å². The molecule has 1 N–H and O–H groups in total. The van der Waals surface area contributed by atoms with Crippen LogP contribution in [0.25, 0.3) is 0 Å². The van der Waals surface area contributed by atoms with Crippen LogP contribution in [0.15, 0.2) is 0 Å². The largest absolute Gasteiger partial charge is 0.352 e.